The molecule has 1 heterocycles. The summed E-state index contributed by atoms with van der Waals surface area (Å²) in [4.78, 5) is 18.1. The van der Waals surface area contributed by atoms with E-state index >= 15 is 0 Å². The molecule has 3 rings (SSSR count). The lowest BCUT2D eigenvalue weighted by Gasteiger charge is -2.06. The molecule has 0 spiro atoms. The normalized spacial score (nSPS) is 10.8. The predicted octanol–water partition coefficient (Wildman–Crippen LogP) is 4.43. The van der Waals surface area contributed by atoms with Gasteiger partial charge in [-0.25, -0.2) is 4.98 Å². The van der Waals surface area contributed by atoms with Gasteiger partial charge in [0.1, 0.15) is 0 Å². The number of thioether (sulfide) groups is 1. The van der Waals surface area contributed by atoms with Crippen LogP contribution in [0.15, 0.2) is 35.5 Å². The predicted molar refractivity (Wildman–Crippen MR) is 96.9 cm³/mol. The molecule has 0 saturated carbocycles. The summed E-state index contributed by atoms with van der Waals surface area (Å²) in [6.07, 6.45) is 0. The highest BCUT2D eigenvalue weighted by atomic mass is 35.5. The Balaban J connectivity index is 1.84. The highest BCUT2D eigenvalue weighted by Crippen LogP contribution is 2.33. The van der Waals surface area contributed by atoms with Crippen LogP contribution < -0.4 is 9.47 Å². The van der Waals surface area contributed by atoms with Gasteiger partial charge in [0.15, 0.2) is 16.7 Å². The average molecular weight is 380 g/mol. The molecule has 0 atom stereocenters. The first-order valence-corrected chi connectivity index (χ1v) is 8.55. The van der Waals surface area contributed by atoms with E-state index in [4.69, 9.17) is 21.1 Å². The molecule has 0 radical (unpaired) electrons. The van der Waals surface area contributed by atoms with Crippen LogP contribution in [0.25, 0.3) is 11.0 Å². The summed E-state index contributed by atoms with van der Waals surface area (Å²) in [6.45, 7) is 0. The number of benzene rings is 2. The lowest BCUT2D eigenvalue weighted by Crippen LogP contribution is -1.91. The van der Waals surface area contributed by atoms with Crippen molar-refractivity contribution in [2.45, 2.75) is 10.9 Å². The van der Waals surface area contributed by atoms with E-state index in [1.54, 1.807) is 20.3 Å². The van der Waals surface area contributed by atoms with Crippen molar-refractivity contribution in [2.75, 3.05) is 14.2 Å². The van der Waals surface area contributed by atoms with Crippen LogP contribution in [-0.4, -0.2) is 29.1 Å². The summed E-state index contributed by atoms with van der Waals surface area (Å²) < 4.78 is 10.5. The number of aromatic nitrogens is 2. The number of rotatable bonds is 6. The van der Waals surface area contributed by atoms with Gasteiger partial charge in [0.2, 0.25) is 0 Å². The van der Waals surface area contributed by atoms with E-state index in [2.05, 4.69) is 9.97 Å². The van der Waals surface area contributed by atoms with Gasteiger partial charge in [0.05, 0.1) is 30.2 Å². The second-order valence-electron chi connectivity index (χ2n) is 5.09. The van der Waals surface area contributed by atoms with E-state index in [9.17, 15) is 10.1 Å². The highest BCUT2D eigenvalue weighted by molar-refractivity contribution is 7.98. The molecule has 1 N–H and O–H groups in total. The fourth-order valence-corrected chi connectivity index (χ4v) is 3.45. The number of imidazole rings is 1. The molecule has 25 heavy (non-hydrogen) atoms. The minimum atomic E-state index is -0.440. The number of nitrogens with zero attached hydrogens (tertiary/aromatic N) is 2. The van der Waals surface area contributed by atoms with Crippen molar-refractivity contribution >= 4 is 40.1 Å². The molecule has 3 aromatic rings. The molecule has 7 nitrogen and oxygen atoms in total. The minimum Gasteiger partial charge on any atom is -0.493 e. The van der Waals surface area contributed by atoms with Crippen LogP contribution in [0.4, 0.5) is 5.69 Å². The zero-order valence-electron chi connectivity index (χ0n) is 13.4. The number of non-ortho nitro benzene ring substituents is 1. The fraction of sp³-hybridized carbons (Fsp3) is 0.188. The summed E-state index contributed by atoms with van der Waals surface area (Å²) in [5.74, 6) is 1.66. The van der Waals surface area contributed by atoms with Crippen molar-refractivity contribution in [3.63, 3.8) is 0 Å². The number of methoxy groups -OCH3 is 2. The first-order valence-electron chi connectivity index (χ1n) is 7.19. The summed E-state index contributed by atoms with van der Waals surface area (Å²) in [5, 5.41) is 12.0. The third kappa shape index (κ3) is 3.64. The maximum atomic E-state index is 10.9. The van der Waals surface area contributed by atoms with Crippen molar-refractivity contribution in [1.82, 2.24) is 9.97 Å². The average Bonchev–Trinajstić information content (AvgIpc) is 3.01. The van der Waals surface area contributed by atoms with E-state index in [0.29, 0.717) is 33.0 Å². The number of H-pyrrole nitrogens is 1. The molecule has 0 aliphatic heterocycles. The number of hydrogen-bond donors (Lipinski definition) is 1. The van der Waals surface area contributed by atoms with E-state index in [1.165, 1.54) is 30.0 Å². The zero-order chi connectivity index (χ0) is 18.0. The second-order valence-corrected chi connectivity index (χ2v) is 6.46. The number of ether oxygens (including phenoxy) is 2. The van der Waals surface area contributed by atoms with Crippen LogP contribution in [0, 0.1) is 10.1 Å². The molecule has 0 fully saturated rings. The molecule has 0 saturated heterocycles. The van der Waals surface area contributed by atoms with Gasteiger partial charge in [-0.1, -0.05) is 23.4 Å². The van der Waals surface area contributed by atoms with Crippen molar-refractivity contribution in [3.8, 4) is 11.5 Å². The maximum Gasteiger partial charge on any atom is 0.269 e. The fourth-order valence-electron chi connectivity index (χ4n) is 2.31. The lowest BCUT2D eigenvalue weighted by molar-refractivity contribution is -0.384. The van der Waals surface area contributed by atoms with Crippen LogP contribution in [0.1, 0.15) is 5.56 Å². The zero-order valence-corrected chi connectivity index (χ0v) is 15.0. The van der Waals surface area contributed by atoms with E-state index in [0.717, 1.165) is 11.0 Å². The largest absolute Gasteiger partial charge is 0.493 e. The molecule has 2 aromatic carbocycles. The molecule has 0 amide bonds. The van der Waals surface area contributed by atoms with Gasteiger partial charge in [-0.15, -0.1) is 0 Å². The first kappa shape index (κ1) is 17.4. The van der Waals surface area contributed by atoms with Crippen molar-refractivity contribution in [3.05, 3.63) is 51.0 Å². The number of nitro groups is 1. The molecule has 0 unspecified atom stereocenters. The molecule has 1 aromatic heterocycles. The van der Waals surface area contributed by atoms with Gasteiger partial charge in [0, 0.05) is 35.0 Å². The Hall–Kier alpha value is -2.45. The molecule has 0 aliphatic carbocycles. The maximum absolute atomic E-state index is 10.9. The number of nitrogens with one attached hydrogen (secondary N) is 1. The molecule has 9 heteroatoms. The SMILES string of the molecule is COc1cc2nc(SCc3cc([N+](=O)[O-])ccc3Cl)[nH]c2cc1OC. The lowest BCUT2D eigenvalue weighted by atomic mass is 10.2. The Bertz CT molecular complexity index is 904. The molecular formula is C16H14ClN3O4S. The summed E-state index contributed by atoms with van der Waals surface area (Å²) >= 11 is 7.53. The number of fused-ring (bicyclic) bond motifs is 1. The van der Waals surface area contributed by atoms with Gasteiger partial charge in [0.25, 0.3) is 5.69 Å². The quantitative estimate of drug-likeness (QED) is 0.387. The standard InChI is InChI=1S/C16H14ClN3O4S/c1-23-14-6-12-13(7-15(14)24-2)19-16(18-12)25-8-9-5-10(20(21)22)3-4-11(9)17/h3-7H,8H2,1-2H3,(H,18,19). The topological polar surface area (TPSA) is 90.3 Å². The van der Waals surface area contributed by atoms with Gasteiger partial charge in [-0.05, 0) is 11.6 Å². The molecule has 0 bridgehead atoms. The first-order chi connectivity index (χ1) is 12.0. The van der Waals surface area contributed by atoms with Gasteiger partial charge >= 0.3 is 0 Å². The van der Waals surface area contributed by atoms with Crippen molar-refractivity contribution in [2.24, 2.45) is 0 Å². The van der Waals surface area contributed by atoms with Crippen LogP contribution in [0.3, 0.4) is 0 Å². The third-order valence-electron chi connectivity index (χ3n) is 3.57. The molecule has 0 aliphatic rings. The summed E-state index contributed by atoms with van der Waals surface area (Å²) in [7, 11) is 3.14. The molecular weight excluding hydrogens is 366 g/mol. The van der Waals surface area contributed by atoms with Gasteiger partial charge in [-0.3, -0.25) is 10.1 Å². The number of aromatic amines is 1. The van der Waals surface area contributed by atoms with E-state index < -0.39 is 4.92 Å². The van der Waals surface area contributed by atoms with Crippen LogP contribution in [0.2, 0.25) is 5.02 Å². The number of nitro benzene ring substituents is 1. The van der Waals surface area contributed by atoms with Crippen LogP contribution in [0.5, 0.6) is 11.5 Å². The number of hydrogen-bond acceptors (Lipinski definition) is 6. The minimum absolute atomic E-state index is 0.0130. The van der Waals surface area contributed by atoms with Crippen molar-refractivity contribution in [1.29, 1.82) is 0 Å². The van der Waals surface area contributed by atoms with Crippen LogP contribution >= 0.6 is 23.4 Å². The van der Waals surface area contributed by atoms with E-state index in [1.807, 2.05) is 6.07 Å². The highest BCUT2D eigenvalue weighted by Gasteiger charge is 2.13. The Kier molecular flexibility index (Phi) is 5.00. The monoisotopic (exact) mass is 379 g/mol. The number of halogens is 1. The Morgan fingerprint density at radius 1 is 1.24 bits per heavy atom. The van der Waals surface area contributed by atoms with Gasteiger partial charge in [-0.2, -0.15) is 0 Å². The summed E-state index contributed by atoms with van der Waals surface area (Å²) in [6, 6.07) is 7.99. The Morgan fingerprint density at radius 2 is 1.96 bits per heavy atom. The third-order valence-corrected chi connectivity index (χ3v) is 4.86. The Morgan fingerprint density at radius 3 is 2.64 bits per heavy atom. The second kappa shape index (κ2) is 7.20. The van der Waals surface area contributed by atoms with Crippen LogP contribution in [-0.2, 0) is 5.75 Å². The van der Waals surface area contributed by atoms with Gasteiger partial charge < -0.3 is 14.5 Å². The smallest absolute Gasteiger partial charge is 0.269 e. The Labute approximate surface area is 152 Å². The van der Waals surface area contributed by atoms with E-state index in [-0.39, 0.29) is 5.69 Å². The molecule has 130 valence electrons. The summed E-state index contributed by atoms with van der Waals surface area (Å²) in [5.41, 5.74) is 2.24. The van der Waals surface area contributed by atoms with Crippen molar-refractivity contribution < 1.29 is 14.4 Å².